The minimum Gasteiger partial charge on any atom is -0.341 e. The summed E-state index contributed by atoms with van der Waals surface area (Å²) in [5.74, 6) is 1.72. The second kappa shape index (κ2) is 6.74. The molecule has 0 aromatic rings. The van der Waals surface area contributed by atoms with Crippen molar-refractivity contribution in [1.82, 2.24) is 10.2 Å². The minimum absolute atomic E-state index is 0.0815. The predicted octanol–water partition coefficient (Wildman–Crippen LogP) is 2.80. The average molecular weight is 266 g/mol. The molecule has 110 valence electrons. The fraction of sp³-hybridized carbons (Fsp3) is 0.938. The van der Waals surface area contributed by atoms with Crippen molar-refractivity contribution in [1.29, 1.82) is 0 Å². The molecular formula is C16H30N2O. The van der Waals surface area contributed by atoms with Gasteiger partial charge in [-0.2, -0.15) is 0 Å². The Hall–Kier alpha value is -0.570. The summed E-state index contributed by atoms with van der Waals surface area (Å²) in [6, 6.07) is 0.687. The van der Waals surface area contributed by atoms with Crippen LogP contribution in [0.25, 0.3) is 0 Å². The lowest BCUT2D eigenvalue weighted by molar-refractivity contribution is -0.135. The van der Waals surface area contributed by atoms with Crippen molar-refractivity contribution in [3.63, 3.8) is 0 Å². The number of hydrogen-bond acceptors (Lipinski definition) is 2. The van der Waals surface area contributed by atoms with Gasteiger partial charge in [0.25, 0.3) is 0 Å². The monoisotopic (exact) mass is 266 g/mol. The molecule has 3 heteroatoms. The first-order valence-electron chi connectivity index (χ1n) is 8.16. The molecule has 1 aliphatic carbocycles. The van der Waals surface area contributed by atoms with Crippen LogP contribution < -0.4 is 5.32 Å². The van der Waals surface area contributed by atoms with Gasteiger partial charge in [0.05, 0.1) is 6.04 Å². The highest BCUT2D eigenvalue weighted by atomic mass is 16.2. The van der Waals surface area contributed by atoms with Gasteiger partial charge in [0, 0.05) is 19.1 Å². The topological polar surface area (TPSA) is 32.3 Å². The normalized spacial score (nSPS) is 31.1. The third-order valence-electron chi connectivity index (χ3n) is 4.73. The van der Waals surface area contributed by atoms with Crippen LogP contribution in [0.2, 0.25) is 0 Å². The molecule has 3 unspecified atom stereocenters. The molecule has 3 nitrogen and oxygen atoms in total. The molecule has 0 aromatic heterocycles. The smallest absolute Gasteiger partial charge is 0.239 e. The van der Waals surface area contributed by atoms with E-state index in [1.807, 2.05) is 4.90 Å². The van der Waals surface area contributed by atoms with Crippen molar-refractivity contribution >= 4 is 5.91 Å². The van der Waals surface area contributed by atoms with E-state index in [1.54, 1.807) is 0 Å². The van der Waals surface area contributed by atoms with Gasteiger partial charge in [0.15, 0.2) is 0 Å². The largest absolute Gasteiger partial charge is 0.341 e. The molecule has 2 rings (SSSR count). The van der Waals surface area contributed by atoms with Crippen LogP contribution in [0.4, 0.5) is 0 Å². The number of hydrogen-bond donors (Lipinski definition) is 1. The van der Waals surface area contributed by atoms with E-state index >= 15 is 0 Å². The van der Waals surface area contributed by atoms with Crippen molar-refractivity contribution in [3.05, 3.63) is 0 Å². The van der Waals surface area contributed by atoms with Crippen molar-refractivity contribution in [2.75, 3.05) is 13.1 Å². The van der Waals surface area contributed by atoms with Crippen molar-refractivity contribution in [3.8, 4) is 0 Å². The van der Waals surface area contributed by atoms with Crippen molar-refractivity contribution < 1.29 is 4.79 Å². The zero-order valence-corrected chi connectivity index (χ0v) is 12.8. The molecule has 2 aliphatic rings. The first kappa shape index (κ1) is 14.8. The number of nitrogens with one attached hydrogen (secondary N) is 1. The molecule has 1 heterocycles. The number of nitrogens with zero attached hydrogens (tertiary/aromatic N) is 1. The van der Waals surface area contributed by atoms with E-state index in [0.29, 0.717) is 17.9 Å². The predicted molar refractivity (Wildman–Crippen MR) is 79.0 cm³/mol. The number of fused-ring (bicyclic) bond motifs is 1. The molecule has 1 saturated carbocycles. The van der Waals surface area contributed by atoms with E-state index in [1.165, 1.54) is 32.1 Å². The van der Waals surface area contributed by atoms with Crippen molar-refractivity contribution in [2.24, 2.45) is 11.8 Å². The molecule has 0 radical (unpaired) electrons. The minimum atomic E-state index is 0.0815. The van der Waals surface area contributed by atoms with Crippen molar-refractivity contribution in [2.45, 2.75) is 71.4 Å². The Bertz CT molecular complexity index is 303. The molecule has 1 saturated heterocycles. The standard InChI is InChI=1S/C16H30N2O/c1-4-18(11-12(2)3)16(19)15-10-9-13-7-5-6-8-14(13)17-15/h12-15,17H,4-11H2,1-3H3. The molecule has 2 fully saturated rings. The summed E-state index contributed by atoms with van der Waals surface area (Å²) >= 11 is 0. The van der Waals surface area contributed by atoms with E-state index in [2.05, 4.69) is 26.1 Å². The fourth-order valence-corrected chi connectivity index (χ4v) is 3.73. The first-order valence-corrected chi connectivity index (χ1v) is 8.16. The van der Waals surface area contributed by atoms with Crippen LogP contribution in [-0.2, 0) is 4.79 Å². The van der Waals surface area contributed by atoms with Gasteiger partial charge in [-0.1, -0.05) is 26.7 Å². The molecule has 3 atom stereocenters. The van der Waals surface area contributed by atoms with Crippen LogP contribution in [0.5, 0.6) is 0 Å². The van der Waals surface area contributed by atoms with Gasteiger partial charge < -0.3 is 10.2 Å². The average Bonchev–Trinajstić information content (AvgIpc) is 2.43. The summed E-state index contributed by atoms with van der Waals surface area (Å²) in [5, 5.41) is 3.65. The number of carbonyl (C=O) groups excluding carboxylic acids is 1. The Balaban J connectivity index is 1.92. The summed E-state index contributed by atoms with van der Waals surface area (Å²) in [5.41, 5.74) is 0. The molecule has 1 aliphatic heterocycles. The Morgan fingerprint density at radius 1 is 1.21 bits per heavy atom. The first-order chi connectivity index (χ1) is 9.11. The molecule has 0 aromatic carbocycles. The molecule has 0 spiro atoms. The molecular weight excluding hydrogens is 236 g/mol. The van der Waals surface area contributed by atoms with Crippen LogP contribution >= 0.6 is 0 Å². The summed E-state index contributed by atoms with van der Waals surface area (Å²) < 4.78 is 0. The molecule has 1 amide bonds. The van der Waals surface area contributed by atoms with E-state index in [0.717, 1.165) is 25.4 Å². The quantitative estimate of drug-likeness (QED) is 0.848. The molecule has 1 N–H and O–H groups in total. The van der Waals surface area contributed by atoms with Gasteiger partial charge >= 0.3 is 0 Å². The van der Waals surface area contributed by atoms with Crippen LogP contribution in [0.1, 0.15) is 59.3 Å². The zero-order chi connectivity index (χ0) is 13.8. The Kier molecular flexibility index (Phi) is 5.26. The Morgan fingerprint density at radius 3 is 2.63 bits per heavy atom. The lowest BCUT2D eigenvalue weighted by atomic mass is 9.77. The van der Waals surface area contributed by atoms with E-state index < -0.39 is 0 Å². The Labute approximate surface area is 118 Å². The van der Waals surface area contributed by atoms with Crippen LogP contribution in [0.3, 0.4) is 0 Å². The summed E-state index contributed by atoms with van der Waals surface area (Å²) in [4.78, 5) is 14.6. The maximum Gasteiger partial charge on any atom is 0.239 e. The maximum absolute atomic E-state index is 12.6. The fourth-order valence-electron chi connectivity index (χ4n) is 3.73. The van der Waals surface area contributed by atoms with E-state index in [-0.39, 0.29) is 6.04 Å². The highest BCUT2D eigenvalue weighted by Gasteiger charge is 2.35. The van der Waals surface area contributed by atoms with Gasteiger partial charge in [-0.25, -0.2) is 0 Å². The SMILES string of the molecule is CCN(CC(C)C)C(=O)C1CCC2CCCCC2N1. The molecule has 0 bridgehead atoms. The summed E-state index contributed by atoms with van der Waals surface area (Å²) in [6.45, 7) is 8.18. The van der Waals surface area contributed by atoms with Gasteiger partial charge in [0.2, 0.25) is 5.91 Å². The molecule has 19 heavy (non-hydrogen) atoms. The zero-order valence-electron chi connectivity index (χ0n) is 12.8. The number of rotatable bonds is 4. The van der Waals surface area contributed by atoms with Crippen LogP contribution in [0, 0.1) is 11.8 Å². The Morgan fingerprint density at radius 2 is 1.95 bits per heavy atom. The highest BCUT2D eigenvalue weighted by molar-refractivity contribution is 5.82. The van der Waals surface area contributed by atoms with Gasteiger partial charge in [-0.3, -0.25) is 4.79 Å². The number of piperidine rings is 1. The van der Waals surface area contributed by atoms with Gasteiger partial charge in [-0.05, 0) is 44.4 Å². The van der Waals surface area contributed by atoms with Gasteiger partial charge in [0.1, 0.15) is 0 Å². The second-order valence-electron chi connectivity index (χ2n) is 6.72. The van der Waals surface area contributed by atoms with E-state index in [9.17, 15) is 4.79 Å². The second-order valence-corrected chi connectivity index (χ2v) is 6.72. The third-order valence-corrected chi connectivity index (χ3v) is 4.73. The number of carbonyl (C=O) groups is 1. The lowest BCUT2D eigenvalue weighted by Crippen LogP contribution is -2.56. The highest BCUT2D eigenvalue weighted by Crippen LogP contribution is 2.32. The van der Waals surface area contributed by atoms with Crippen LogP contribution in [0.15, 0.2) is 0 Å². The number of amides is 1. The number of likely N-dealkylation sites (N-methyl/N-ethyl adjacent to an activating group) is 1. The third kappa shape index (κ3) is 3.71. The summed E-state index contributed by atoms with van der Waals surface area (Å²) in [6.07, 6.45) is 7.63. The lowest BCUT2D eigenvalue weighted by Gasteiger charge is -2.41. The summed E-state index contributed by atoms with van der Waals surface area (Å²) in [7, 11) is 0. The maximum atomic E-state index is 12.6. The van der Waals surface area contributed by atoms with E-state index in [4.69, 9.17) is 0 Å². The van der Waals surface area contributed by atoms with Crippen LogP contribution in [-0.4, -0.2) is 36.0 Å². The van der Waals surface area contributed by atoms with Gasteiger partial charge in [-0.15, -0.1) is 0 Å².